The van der Waals surface area contributed by atoms with Gasteiger partial charge in [-0.25, -0.2) is 0 Å². The van der Waals surface area contributed by atoms with Crippen LogP contribution in [0.25, 0.3) is 0 Å². The van der Waals surface area contributed by atoms with Gasteiger partial charge in [-0.1, -0.05) is 42.5 Å². The third-order valence-electron chi connectivity index (χ3n) is 2.39. The molecule has 0 saturated carbocycles. The van der Waals surface area contributed by atoms with Gasteiger partial charge in [0.1, 0.15) is 5.75 Å². The van der Waals surface area contributed by atoms with Gasteiger partial charge in [-0.05, 0) is 23.3 Å². The Kier molecular flexibility index (Phi) is 4.35. The van der Waals surface area contributed by atoms with Gasteiger partial charge in [-0.15, -0.1) is 12.4 Å². The summed E-state index contributed by atoms with van der Waals surface area (Å²) >= 11 is 0. The lowest BCUT2D eigenvalue weighted by molar-refractivity contribution is 0.474. The predicted molar refractivity (Wildman–Crippen MR) is 67.8 cm³/mol. The van der Waals surface area contributed by atoms with Crippen molar-refractivity contribution in [1.29, 1.82) is 0 Å². The first kappa shape index (κ1) is 12.6. The SMILES string of the molecule is Cl.N[C@@H](c1ccccc1)c1cccc(O)c1. The molecular weight excluding hydrogens is 222 g/mol. The molecule has 3 N–H and O–H groups in total. The Labute approximate surface area is 101 Å². The van der Waals surface area contributed by atoms with E-state index in [0.717, 1.165) is 11.1 Å². The molecule has 2 aromatic carbocycles. The van der Waals surface area contributed by atoms with Crippen molar-refractivity contribution in [2.75, 3.05) is 0 Å². The first-order chi connectivity index (χ1) is 7.27. The number of benzene rings is 2. The van der Waals surface area contributed by atoms with E-state index < -0.39 is 0 Å². The molecule has 0 aromatic heterocycles. The van der Waals surface area contributed by atoms with E-state index in [1.165, 1.54) is 0 Å². The molecule has 84 valence electrons. The molecule has 0 amide bonds. The van der Waals surface area contributed by atoms with Gasteiger partial charge >= 0.3 is 0 Å². The van der Waals surface area contributed by atoms with Crippen molar-refractivity contribution in [1.82, 2.24) is 0 Å². The molecule has 3 heteroatoms. The third kappa shape index (κ3) is 2.75. The van der Waals surface area contributed by atoms with Crippen LogP contribution in [-0.2, 0) is 0 Å². The maximum absolute atomic E-state index is 9.35. The van der Waals surface area contributed by atoms with Gasteiger partial charge in [0.2, 0.25) is 0 Å². The van der Waals surface area contributed by atoms with Crippen LogP contribution in [0.1, 0.15) is 17.2 Å². The van der Waals surface area contributed by atoms with Crippen LogP contribution >= 0.6 is 12.4 Å². The lowest BCUT2D eigenvalue weighted by atomic mass is 10.00. The summed E-state index contributed by atoms with van der Waals surface area (Å²) in [5.41, 5.74) is 8.04. The molecule has 2 rings (SSSR count). The topological polar surface area (TPSA) is 46.2 Å². The molecule has 0 radical (unpaired) electrons. The van der Waals surface area contributed by atoms with E-state index in [0.29, 0.717) is 0 Å². The normalized spacial score (nSPS) is 11.6. The largest absolute Gasteiger partial charge is 0.508 e. The Morgan fingerprint density at radius 2 is 1.50 bits per heavy atom. The molecule has 1 atom stereocenters. The van der Waals surface area contributed by atoms with Crippen molar-refractivity contribution in [3.8, 4) is 5.75 Å². The summed E-state index contributed by atoms with van der Waals surface area (Å²) in [4.78, 5) is 0. The molecule has 0 aliphatic heterocycles. The quantitative estimate of drug-likeness (QED) is 0.841. The van der Waals surface area contributed by atoms with Crippen LogP contribution < -0.4 is 5.73 Å². The summed E-state index contributed by atoms with van der Waals surface area (Å²) in [5.74, 6) is 0.249. The molecule has 0 bridgehead atoms. The van der Waals surface area contributed by atoms with Gasteiger partial charge < -0.3 is 10.8 Å². The fourth-order valence-electron chi connectivity index (χ4n) is 1.57. The molecule has 0 aliphatic carbocycles. The highest BCUT2D eigenvalue weighted by Gasteiger charge is 2.07. The van der Waals surface area contributed by atoms with E-state index in [1.54, 1.807) is 18.2 Å². The van der Waals surface area contributed by atoms with Crippen molar-refractivity contribution in [2.24, 2.45) is 5.73 Å². The van der Waals surface area contributed by atoms with Crippen LogP contribution in [0.15, 0.2) is 54.6 Å². The standard InChI is InChI=1S/C13H13NO.ClH/c14-13(10-5-2-1-3-6-10)11-7-4-8-12(15)9-11;/h1-9,13,15H,14H2;1H/t13-;/m0./s1. The average molecular weight is 236 g/mol. The van der Waals surface area contributed by atoms with E-state index in [-0.39, 0.29) is 24.2 Å². The number of phenols is 1. The van der Waals surface area contributed by atoms with Gasteiger partial charge in [-0.2, -0.15) is 0 Å². The second-order valence-corrected chi connectivity index (χ2v) is 3.48. The zero-order valence-electron chi connectivity index (χ0n) is 8.71. The van der Waals surface area contributed by atoms with E-state index in [4.69, 9.17) is 5.73 Å². The first-order valence-electron chi connectivity index (χ1n) is 4.87. The van der Waals surface area contributed by atoms with E-state index in [1.807, 2.05) is 36.4 Å². The number of aromatic hydroxyl groups is 1. The maximum Gasteiger partial charge on any atom is 0.115 e. The smallest absolute Gasteiger partial charge is 0.115 e. The van der Waals surface area contributed by atoms with Gasteiger partial charge in [0.05, 0.1) is 6.04 Å². The van der Waals surface area contributed by atoms with Crippen LogP contribution in [0.2, 0.25) is 0 Å². The zero-order chi connectivity index (χ0) is 10.7. The summed E-state index contributed by atoms with van der Waals surface area (Å²) in [6.45, 7) is 0. The Morgan fingerprint density at radius 1 is 0.875 bits per heavy atom. The first-order valence-corrected chi connectivity index (χ1v) is 4.87. The van der Waals surface area contributed by atoms with Gasteiger partial charge in [0, 0.05) is 0 Å². The van der Waals surface area contributed by atoms with Gasteiger partial charge in [0.25, 0.3) is 0 Å². The van der Waals surface area contributed by atoms with Crippen LogP contribution in [0.4, 0.5) is 0 Å². The van der Waals surface area contributed by atoms with E-state index in [2.05, 4.69) is 0 Å². The van der Waals surface area contributed by atoms with E-state index in [9.17, 15) is 5.11 Å². The highest BCUT2D eigenvalue weighted by atomic mass is 35.5. The molecule has 0 unspecified atom stereocenters. The fourth-order valence-corrected chi connectivity index (χ4v) is 1.57. The minimum atomic E-state index is -0.182. The maximum atomic E-state index is 9.35. The van der Waals surface area contributed by atoms with E-state index >= 15 is 0 Å². The Balaban J connectivity index is 0.00000128. The van der Waals surface area contributed by atoms with Gasteiger partial charge in [0.15, 0.2) is 0 Å². The molecule has 0 fully saturated rings. The van der Waals surface area contributed by atoms with Crippen molar-refractivity contribution < 1.29 is 5.11 Å². The second kappa shape index (κ2) is 5.54. The second-order valence-electron chi connectivity index (χ2n) is 3.48. The number of hydrogen-bond acceptors (Lipinski definition) is 2. The highest BCUT2D eigenvalue weighted by Crippen LogP contribution is 2.22. The van der Waals surface area contributed by atoms with Gasteiger partial charge in [-0.3, -0.25) is 0 Å². The van der Waals surface area contributed by atoms with Crippen LogP contribution in [0, 0.1) is 0 Å². The lowest BCUT2D eigenvalue weighted by Gasteiger charge is -2.12. The highest BCUT2D eigenvalue weighted by molar-refractivity contribution is 5.85. The minimum absolute atomic E-state index is 0. The summed E-state index contributed by atoms with van der Waals surface area (Å²) in [6.07, 6.45) is 0. The Bertz CT molecular complexity index is 445. The molecule has 0 aliphatic rings. The predicted octanol–water partition coefficient (Wildman–Crippen LogP) is 2.86. The summed E-state index contributed by atoms with van der Waals surface area (Å²) < 4.78 is 0. The Morgan fingerprint density at radius 3 is 2.12 bits per heavy atom. The lowest BCUT2D eigenvalue weighted by Crippen LogP contribution is -2.11. The average Bonchev–Trinajstić information content (AvgIpc) is 2.29. The van der Waals surface area contributed by atoms with Crippen molar-refractivity contribution >= 4 is 12.4 Å². The van der Waals surface area contributed by atoms with Crippen molar-refractivity contribution in [2.45, 2.75) is 6.04 Å². The summed E-state index contributed by atoms with van der Waals surface area (Å²) in [6, 6.07) is 16.7. The van der Waals surface area contributed by atoms with Crippen LogP contribution in [0.3, 0.4) is 0 Å². The monoisotopic (exact) mass is 235 g/mol. The van der Waals surface area contributed by atoms with Crippen LogP contribution in [-0.4, -0.2) is 5.11 Å². The van der Waals surface area contributed by atoms with Crippen molar-refractivity contribution in [3.63, 3.8) is 0 Å². The number of nitrogens with two attached hydrogens (primary N) is 1. The van der Waals surface area contributed by atoms with Crippen molar-refractivity contribution in [3.05, 3.63) is 65.7 Å². The molecule has 0 spiro atoms. The molecular formula is C13H14ClNO. The molecule has 2 nitrogen and oxygen atoms in total. The summed E-state index contributed by atoms with van der Waals surface area (Å²) in [5, 5.41) is 9.35. The molecule has 0 saturated heterocycles. The minimum Gasteiger partial charge on any atom is -0.508 e. The van der Waals surface area contributed by atoms with Crippen LogP contribution in [0.5, 0.6) is 5.75 Å². The number of halogens is 1. The molecule has 2 aromatic rings. The molecule has 0 heterocycles. The zero-order valence-corrected chi connectivity index (χ0v) is 9.52. The fraction of sp³-hybridized carbons (Fsp3) is 0.0769. The molecule has 16 heavy (non-hydrogen) atoms. The Hall–Kier alpha value is -1.51. The number of rotatable bonds is 2. The summed E-state index contributed by atoms with van der Waals surface area (Å²) in [7, 11) is 0. The number of hydrogen-bond donors (Lipinski definition) is 2. The number of phenolic OH excluding ortho intramolecular Hbond substituents is 1. The third-order valence-corrected chi connectivity index (χ3v) is 2.39.